The van der Waals surface area contributed by atoms with Crippen LogP contribution in [0, 0.1) is 11.8 Å². The predicted molar refractivity (Wildman–Crippen MR) is 25.2 cm³/mol. The summed E-state index contributed by atoms with van der Waals surface area (Å²) in [6, 6.07) is 0. The molecule has 11 heavy (non-hydrogen) atoms. The van der Waals surface area contributed by atoms with E-state index in [0.717, 1.165) is 0 Å². The molecule has 1 fully saturated rings. The number of hydrogen-bond donors (Lipinski definition) is 1. The normalized spacial score (nSPS) is 26.8. The quantitative estimate of drug-likeness (QED) is 0.825. The second kappa shape index (κ2) is 6.06. The van der Waals surface area contributed by atoms with Crippen LogP contribution in [0.25, 0.3) is 0 Å². The van der Waals surface area contributed by atoms with E-state index < -0.39 is 24.2 Å². The molecule has 2 nitrogen and oxygen atoms in total. The summed E-state index contributed by atoms with van der Waals surface area (Å²) < 4.78 is 23.1. The molecule has 0 saturated heterocycles. The Morgan fingerprint density at radius 3 is 2.00 bits per heavy atom. The summed E-state index contributed by atoms with van der Waals surface area (Å²) in [5.41, 5.74) is 0. The minimum atomic E-state index is -2.45. The average molecular weight is 314 g/mol. The van der Waals surface area contributed by atoms with Crippen molar-refractivity contribution in [3.63, 3.8) is 0 Å². The maximum atomic E-state index is 11.6. The molecule has 2 atom stereocenters. The van der Waals surface area contributed by atoms with Crippen LogP contribution in [-0.4, -0.2) is 17.5 Å². The van der Waals surface area contributed by atoms with Gasteiger partial charge in [0.05, 0.1) is 5.92 Å². The number of carboxylic acids is 1. The molecule has 0 bridgehead atoms. The van der Waals surface area contributed by atoms with Crippen molar-refractivity contribution < 1.29 is 84.1 Å². The third-order valence-corrected chi connectivity index (χ3v) is 1.48. The van der Waals surface area contributed by atoms with Crippen LogP contribution in [0.4, 0.5) is 8.78 Å². The van der Waals surface area contributed by atoms with Gasteiger partial charge < -0.3 is 5.11 Å². The van der Waals surface area contributed by atoms with E-state index in [4.69, 9.17) is 5.11 Å². The van der Waals surface area contributed by atoms with Crippen LogP contribution in [-0.2, 0) is 70.2 Å². The van der Waals surface area contributed by atoms with E-state index in [1.807, 2.05) is 0 Å². The molecular weight excluding hydrogens is 308 g/mol. The first-order valence-electron chi connectivity index (χ1n) is 2.64. The van der Waals surface area contributed by atoms with E-state index in [9.17, 15) is 13.6 Å². The molecule has 1 aliphatic rings. The summed E-state index contributed by atoms with van der Waals surface area (Å²) in [6.45, 7) is 0. The maximum absolute atomic E-state index is 11.6. The van der Waals surface area contributed by atoms with E-state index in [1.165, 1.54) is 0 Å². The van der Waals surface area contributed by atoms with Crippen molar-refractivity contribution in [2.45, 2.75) is 12.8 Å². The third kappa shape index (κ3) is 4.35. The van der Waals surface area contributed by atoms with E-state index in [1.54, 1.807) is 0 Å². The first-order valence-corrected chi connectivity index (χ1v) is 2.64. The van der Waals surface area contributed by atoms with Crippen molar-refractivity contribution >= 4 is 5.97 Å². The van der Waals surface area contributed by atoms with Gasteiger partial charge in [-0.2, -0.15) is 0 Å². The van der Waals surface area contributed by atoms with Crippen LogP contribution < -0.4 is 0 Å². The molecule has 1 aliphatic carbocycles. The zero-order chi connectivity index (χ0) is 7.02. The molecule has 0 heterocycles. The van der Waals surface area contributed by atoms with Crippen molar-refractivity contribution in [1.29, 1.82) is 0 Å². The average Bonchev–Trinajstić information content (AvgIpc) is 2.39. The minimum absolute atomic E-state index is 0. The predicted octanol–water partition coefficient (Wildman–Crippen LogP) is 0.967. The fourth-order valence-corrected chi connectivity index (χ4v) is 0.777. The molecule has 2 unspecified atom stereocenters. The van der Waals surface area contributed by atoms with E-state index in [-0.39, 0.29) is 71.8 Å². The standard InChI is InChI=1S/C5H6F2O2.2Y/c6-4(7)2-1-3(2)5(8)9;;/h2-4H,1H2,(H,8,9);;. The smallest absolute Gasteiger partial charge is 0.307 e. The molecule has 0 aromatic rings. The second-order valence-electron chi connectivity index (χ2n) is 2.18. The van der Waals surface area contributed by atoms with Gasteiger partial charge in [0, 0.05) is 71.3 Å². The zero-order valence-electron chi connectivity index (χ0n) is 5.71. The Kier molecular flexibility index (Phi) is 8.28. The molecule has 58 valence electrons. The van der Waals surface area contributed by atoms with Crippen LogP contribution in [0.3, 0.4) is 0 Å². The SMILES string of the molecule is O=C(O)C1CC1C(F)F.[Y].[Y]. The van der Waals surface area contributed by atoms with Crippen LogP contribution >= 0.6 is 0 Å². The Hall–Kier alpha value is 1.54. The molecule has 0 amide bonds. The summed E-state index contributed by atoms with van der Waals surface area (Å²) in [5, 5.41) is 8.14. The Bertz CT molecular complexity index is 142. The molecule has 1 saturated carbocycles. The zero-order valence-corrected chi connectivity index (χ0v) is 11.4. The summed E-state index contributed by atoms with van der Waals surface area (Å²) in [5.74, 6) is -2.74. The monoisotopic (exact) mass is 314 g/mol. The first kappa shape index (κ1) is 15.0. The molecule has 0 spiro atoms. The van der Waals surface area contributed by atoms with Crippen molar-refractivity contribution in [2.75, 3.05) is 0 Å². The van der Waals surface area contributed by atoms with Crippen LogP contribution in [0.2, 0.25) is 0 Å². The molecule has 1 N–H and O–H groups in total. The molecular formula is C5H6F2O2Y2. The molecule has 0 aromatic carbocycles. The Balaban J connectivity index is 0. The number of aliphatic carboxylic acids is 1. The minimum Gasteiger partial charge on any atom is -0.481 e. The van der Waals surface area contributed by atoms with E-state index in [0.29, 0.717) is 0 Å². The summed E-state index contributed by atoms with van der Waals surface area (Å²) in [6.07, 6.45) is -2.31. The molecule has 1 rings (SSSR count). The maximum Gasteiger partial charge on any atom is 0.307 e. The third-order valence-electron chi connectivity index (χ3n) is 1.48. The largest absolute Gasteiger partial charge is 0.481 e. The summed E-state index contributed by atoms with van der Waals surface area (Å²) in [7, 11) is 0. The number of alkyl halides is 2. The van der Waals surface area contributed by atoms with E-state index in [2.05, 4.69) is 0 Å². The van der Waals surface area contributed by atoms with Gasteiger partial charge in [0.1, 0.15) is 0 Å². The molecule has 6 heteroatoms. The van der Waals surface area contributed by atoms with Crippen LogP contribution in [0.5, 0.6) is 0 Å². The van der Waals surface area contributed by atoms with Gasteiger partial charge in [0.25, 0.3) is 0 Å². The first-order chi connectivity index (χ1) is 4.13. The van der Waals surface area contributed by atoms with Gasteiger partial charge in [0.15, 0.2) is 0 Å². The number of halogens is 2. The Morgan fingerprint density at radius 2 is 1.91 bits per heavy atom. The van der Waals surface area contributed by atoms with Gasteiger partial charge in [0.2, 0.25) is 6.43 Å². The van der Waals surface area contributed by atoms with Gasteiger partial charge >= 0.3 is 5.97 Å². The van der Waals surface area contributed by atoms with Crippen LogP contribution in [0.1, 0.15) is 6.42 Å². The summed E-state index contributed by atoms with van der Waals surface area (Å²) >= 11 is 0. The number of rotatable bonds is 2. The fourth-order valence-electron chi connectivity index (χ4n) is 0.777. The van der Waals surface area contributed by atoms with Crippen molar-refractivity contribution in [1.82, 2.24) is 0 Å². The fraction of sp³-hybridized carbons (Fsp3) is 0.800. The van der Waals surface area contributed by atoms with Crippen LogP contribution in [0.15, 0.2) is 0 Å². The Labute approximate surface area is 113 Å². The van der Waals surface area contributed by atoms with Gasteiger partial charge in [-0.15, -0.1) is 0 Å². The number of hydrogen-bond acceptors (Lipinski definition) is 1. The topological polar surface area (TPSA) is 37.3 Å². The molecule has 0 aromatic heterocycles. The van der Waals surface area contributed by atoms with Gasteiger partial charge in [-0.1, -0.05) is 0 Å². The van der Waals surface area contributed by atoms with Gasteiger partial charge in [-0.05, 0) is 6.42 Å². The van der Waals surface area contributed by atoms with Crippen molar-refractivity contribution in [3.8, 4) is 0 Å². The number of carbonyl (C=O) groups is 1. The Morgan fingerprint density at radius 1 is 1.45 bits per heavy atom. The molecule has 2 radical (unpaired) electrons. The van der Waals surface area contributed by atoms with Crippen molar-refractivity contribution in [3.05, 3.63) is 0 Å². The number of carboxylic acid groups (broad SMARTS) is 1. The molecule has 0 aliphatic heterocycles. The van der Waals surface area contributed by atoms with Gasteiger partial charge in [-0.3, -0.25) is 4.79 Å². The van der Waals surface area contributed by atoms with E-state index >= 15 is 0 Å². The van der Waals surface area contributed by atoms with Gasteiger partial charge in [-0.25, -0.2) is 8.78 Å². The second-order valence-corrected chi connectivity index (χ2v) is 2.18. The van der Waals surface area contributed by atoms with Crippen molar-refractivity contribution in [2.24, 2.45) is 11.8 Å². The summed E-state index contributed by atoms with van der Waals surface area (Å²) in [4.78, 5) is 9.94.